The van der Waals surface area contributed by atoms with Gasteiger partial charge in [-0.1, -0.05) is 11.8 Å². The maximum Gasteiger partial charge on any atom is 0.313 e. The van der Waals surface area contributed by atoms with Crippen molar-refractivity contribution in [2.75, 3.05) is 12.4 Å². The molecule has 0 unspecified atom stereocenters. The number of thiophene rings is 1. The highest BCUT2D eigenvalue weighted by molar-refractivity contribution is 7.99. The summed E-state index contributed by atoms with van der Waals surface area (Å²) < 4.78 is 6.96. The van der Waals surface area contributed by atoms with Crippen LogP contribution in [0.3, 0.4) is 0 Å². The zero-order chi connectivity index (χ0) is 15.4. The number of aromatic nitrogens is 2. The Hall–Kier alpha value is -1.38. The molecule has 0 aliphatic rings. The molecule has 21 heavy (non-hydrogen) atoms. The van der Waals surface area contributed by atoms with E-state index < -0.39 is 5.97 Å². The lowest BCUT2D eigenvalue weighted by molar-refractivity contribution is -0.133. The number of thioether (sulfide) groups is 1. The number of carboxylic acid groups (broad SMARTS) is 1. The molecule has 0 amide bonds. The van der Waals surface area contributed by atoms with E-state index in [1.54, 1.807) is 11.4 Å². The van der Waals surface area contributed by atoms with Gasteiger partial charge in [-0.15, -0.1) is 11.3 Å². The first-order valence-electron chi connectivity index (χ1n) is 6.43. The molecule has 114 valence electrons. The van der Waals surface area contributed by atoms with Crippen LogP contribution in [0.1, 0.15) is 13.8 Å². The molecule has 0 bridgehead atoms. The second-order valence-corrected chi connectivity index (χ2v) is 6.43. The summed E-state index contributed by atoms with van der Waals surface area (Å²) >= 11 is 2.42. The first kappa shape index (κ1) is 16.0. The van der Waals surface area contributed by atoms with E-state index in [0.717, 1.165) is 11.8 Å². The van der Waals surface area contributed by atoms with E-state index in [2.05, 4.69) is 4.98 Å². The van der Waals surface area contributed by atoms with Crippen LogP contribution in [-0.4, -0.2) is 39.1 Å². The van der Waals surface area contributed by atoms with E-state index in [1.165, 1.54) is 15.9 Å². The smallest absolute Gasteiger partial charge is 0.313 e. The predicted octanol–water partition coefficient (Wildman–Crippen LogP) is 2.06. The van der Waals surface area contributed by atoms with Gasteiger partial charge in [0.2, 0.25) is 0 Å². The third-order valence-electron chi connectivity index (χ3n) is 2.64. The minimum atomic E-state index is -0.939. The number of ether oxygens (including phenoxy) is 1. The molecule has 0 fully saturated rings. The molecule has 0 saturated heterocycles. The predicted molar refractivity (Wildman–Crippen MR) is 83.3 cm³/mol. The molecule has 0 atom stereocenters. The summed E-state index contributed by atoms with van der Waals surface area (Å²) in [4.78, 5) is 28.2. The summed E-state index contributed by atoms with van der Waals surface area (Å²) in [5.74, 6) is -1.07. The van der Waals surface area contributed by atoms with Crippen molar-refractivity contribution in [2.24, 2.45) is 0 Å². The third-order valence-corrected chi connectivity index (χ3v) is 4.41. The standard InChI is InChI=1S/C13H16N2O4S2/c1-8(2)19-5-4-15-12(18)9-3-6-20-11(9)14-13(15)21-7-10(16)17/h3,6,8H,4-5,7H2,1-2H3,(H,16,17). The molecule has 6 nitrogen and oxygen atoms in total. The van der Waals surface area contributed by atoms with E-state index in [-0.39, 0.29) is 17.4 Å². The second kappa shape index (κ2) is 7.06. The fourth-order valence-corrected chi connectivity index (χ4v) is 3.29. The average Bonchev–Trinajstić information content (AvgIpc) is 2.87. The van der Waals surface area contributed by atoms with Crippen LogP contribution in [0.25, 0.3) is 10.2 Å². The lowest BCUT2D eigenvalue weighted by Crippen LogP contribution is -2.26. The Labute approximate surface area is 129 Å². The van der Waals surface area contributed by atoms with Gasteiger partial charge in [-0.25, -0.2) is 4.98 Å². The Kier molecular flexibility index (Phi) is 5.38. The molecule has 1 N–H and O–H groups in total. The van der Waals surface area contributed by atoms with E-state index in [1.807, 2.05) is 13.8 Å². The Bertz CT molecular complexity index is 693. The van der Waals surface area contributed by atoms with Crippen LogP contribution in [0, 0.1) is 0 Å². The summed E-state index contributed by atoms with van der Waals surface area (Å²) in [6, 6.07) is 1.74. The Balaban J connectivity index is 2.32. The summed E-state index contributed by atoms with van der Waals surface area (Å²) in [7, 11) is 0. The van der Waals surface area contributed by atoms with Crippen LogP contribution in [0.2, 0.25) is 0 Å². The highest BCUT2D eigenvalue weighted by atomic mass is 32.2. The maximum atomic E-state index is 12.4. The summed E-state index contributed by atoms with van der Waals surface area (Å²) in [6.07, 6.45) is 0.0775. The number of hydrogen-bond acceptors (Lipinski definition) is 6. The highest BCUT2D eigenvalue weighted by Crippen LogP contribution is 2.21. The van der Waals surface area contributed by atoms with Crippen LogP contribution in [0.15, 0.2) is 21.4 Å². The number of carboxylic acids is 1. The quantitative estimate of drug-likeness (QED) is 0.619. The average molecular weight is 328 g/mol. The Morgan fingerprint density at radius 3 is 3.00 bits per heavy atom. The molecule has 0 aliphatic heterocycles. The summed E-state index contributed by atoms with van der Waals surface area (Å²) in [5, 5.41) is 11.6. The minimum absolute atomic E-state index is 0.0775. The van der Waals surface area contributed by atoms with Crippen LogP contribution in [0.4, 0.5) is 0 Å². The minimum Gasteiger partial charge on any atom is -0.481 e. The number of fused-ring (bicyclic) bond motifs is 1. The molecule has 0 radical (unpaired) electrons. The first-order chi connectivity index (χ1) is 9.99. The second-order valence-electron chi connectivity index (χ2n) is 4.59. The van der Waals surface area contributed by atoms with Gasteiger partial charge in [-0.3, -0.25) is 14.2 Å². The normalized spacial score (nSPS) is 11.4. The van der Waals surface area contributed by atoms with Crippen molar-refractivity contribution in [1.82, 2.24) is 9.55 Å². The molecular formula is C13H16N2O4S2. The van der Waals surface area contributed by atoms with Crippen molar-refractivity contribution >= 4 is 39.3 Å². The number of nitrogens with zero attached hydrogens (tertiary/aromatic N) is 2. The van der Waals surface area contributed by atoms with Gasteiger partial charge in [0, 0.05) is 0 Å². The van der Waals surface area contributed by atoms with E-state index >= 15 is 0 Å². The van der Waals surface area contributed by atoms with E-state index in [4.69, 9.17) is 9.84 Å². The van der Waals surface area contributed by atoms with Gasteiger partial charge in [0.05, 0.1) is 30.4 Å². The fourth-order valence-electron chi connectivity index (χ4n) is 1.74. The SMILES string of the molecule is CC(C)OCCn1c(SCC(=O)O)nc2sccc2c1=O. The summed E-state index contributed by atoms with van der Waals surface area (Å²) in [5.41, 5.74) is -0.151. The third kappa shape index (κ3) is 4.05. The number of carbonyl (C=O) groups is 1. The maximum absolute atomic E-state index is 12.4. The monoisotopic (exact) mass is 328 g/mol. The van der Waals surface area contributed by atoms with Crippen molar-refractivity contribution in [3.05, 3.63) is 21.8 Å². The first-order valence-corrected chi connectivity index (χ1v) is 8.30. The van der Waals surface area contributed by atoms with Gasteiger partial charge in [0.25, 0.3) is 5.56 Å². The van der Waals surface area contributed by atoms with Crippen molar-refractivity contribution in [1.29, 1.82) is 0 Å². The van der Waals surface area contributed by atoms with Crippen molar-refractivity contribution in [3.8, 4) is 0 Å². The molecule has 0 saturated carbocycles. The molecule has 2 rings (SSSR count). The van der Waals surface area contributed by atoms with E-state index in [9.17, 15) is 9.59 Å². The molecule has 8 heteroatoms. The lowest BCUT2D eigenvalue weighted by Gasteiger charge is -2.12. The van der Waals surface area contributed by atoms with Crippen LogP contribution >= 0.6 is 23.1 Å². The van der Waals surface area contributed by atoms with Gasteiger partial charge >= 0.3 is 5.97 Å². The molecule has 0 aromatic carbocycles. The van der Waals surface area contributed by atoms with Gasteiger partial charge < -0.3 is 9.84 Å². The molecule has 2 aromatic rings. The van der Waals surface area contributed by atoms with Crippen LogP contribution in [-0.2, 0) is 16.1 Å². The van der Waals surface area contributed by atoms with Gasteiger partial charge in [0.15, 0.2) is 5.16 Å². The van der Waals surface area contributed by atoms with Crippen molar-refractivity contribution in [3.63, 3.8) is 0 Å². The van der Waals surface area contributed by atoms with Crippen molar-refractivity contribution in [2.45, 2.75) is 31.7 Å². The van der Waals surface area contributed by atoms with Crippen LogP contribution < -0.4 is 5.56 Å². The molecule has 0 spiro atoms. The zero-order valence-electron chi connectivity index (χ0n) is 11.7. The van der Waals surface area contributed by atoms with Gasteiger partial charge in [-0.05, 0) is 25.3 Å². The molecular weight excluding hydrogens is 312 g/mol. The topological polar surface area (TPSA) is 81.4 Å². The van der Waals surface area contributed by atoms with Crippen molar-refractivity contribution < 1.29 is 14.6 Å². The number of rotatable bonds is 7. The largest absolute Gasteiger partial charge is 0.481 e. The number of hydrogen-bond donors (Lipinski definition) is 1. The lowest BCUT2D eigenvalue weighted by atomic mass is 10.4. The fraction of sp³-hybridized carbons (Fsp3) is 0.462. The number of aliphatic carboxylic acids is 1. The molecule has 2 aromatic heterocycles. The zero-order valence-corrected chi connectivity index (χ0v) is 13.4. The van der Waals surface area contributed by atoms with Crippen LogP contribution in [0.5, 0.6) is 0 Å². The van der Waals surface area contributed by atoms with E-state index in [0.29, 0.717) is 28.5 Å². The Morgan fingerprint density at radius 2 is 2.33 bits per heavy atom. The molecule has 2 heterocycles. The highest BCUT2D eigenvalue weighted by Gasteiger charge is 2.13. The Morgan fingerprint density at radius 1 is 1.57 bits per heavy atom. The van der Waals surface area contributed by atoms with Gasteiger partial charge in [0.1, 0.15) is 4.83 Å². The summed E-state index contributed by atoms with van der Waals surface area (Å²) in [6.45, 7) is 4.58. The molecule has 0 aliphatic carbocycles. The van der Waals surface area contributed by atoms with Gasteiger partial charge in [-0.2, -0.15) is 0 Å².